The Balaban J connectivity index is 2.61. The van der Waals surface area contributed by atoms with Gasteiger partial charge in [0.1, 0.15) is 11.9 Å². The molecule has 0 aromatic heterocycles. The van der Waals surface area contributed by atoms with Crippen molar-refractivity contribution in [1.82, 2.24) is 4.72 Å². The van der Waals surface area contributed by atoms with E-state index >= 15 is 0 Å². The van der Waals surface area contributed by atoms with E-state index in [1.807, 2.05) is 6.92 Å². The molecule has 0 bridgehead atoms. The van der Waals surface area contributed by atoms with Crippen LogP contribution in [0.3, 0.4) is 0 Å². The van der Waals surface area contributed by atoms with Crippen LogP contribution in [0.25, 0.3) is 0 Å². The third-order valence-electron chi connectivity index (χ3n) is 2.10. The minimum atomic E-state index is -3.69. The molecule has 0 radical (unpaired) electrons. The van der Waals surface area contributed by atoms with E-state index in [9.17, 15) is 8.42 Å². The van der Waals surface area contributed by atoms with Crippen molar-refractivity contribution in [2.75, 3.05) is 6.54 Å². The van der Waals surface area contributed by atoms with Crippen molar-refractivity contribution >= 4 is 21.8 Å². The van der Waals surface area contributed by atoms with Crippen LogP contribution in [-0.2, 0) is 10.2 Å². The quantitative estimate of drug-likeness (QED) is 0.823. The second-order valence-electron chi connectivity index (χ2n) is 3.47. The molecule has 0 spiro atoms. The number of hydrogen-bond donors (Lipinski definition) is 2. The number of ether oxygens (including phenoxy) is 1. The van der Waals surface area contributed by atoms with Crippen molar-refractivity contribution in [3.8, 4) is 5.75 Å². The maximum absolute atomic E-state index is 10.8. The lowest BCUT2D eigenvalue weighted by atomic mass is 10.2. The number of para-hydroxylation sites is 1. The van der Waals surface area contributed by atoms with E-state index in [4.69, 9.17) is 21.5 Å². The van der Waals surface area contributed by atoms with Gasteiger partial charge in [-0.05, 0) is 18.6 Å². The summed E-state index contributed by atoms with van der Waals surface area (Å²) in [4.78, 5) is 0. The molecule has 0 heterocycles. The standard InChI is InChI=1S/C10H15ClN2O3S/c1-2-8(7-13-17(12,14)15)16-10-6-4-3-5-9(10)11/h3-6,8,13H,2,7H2,1H3,(H2,12,14,15)/t8-/m0/s1. The largest absolute Gasteiger partial charge is 0.488 e. The molecular formula is C10H15ClN2O3S. The minimum Gasteiger partial charge on any atom is -0.488 e. The van der Waals surface area contributed by atoms with Gasteiger partial charge in [0.2, 0.25) is 0 Å². The van der Waals surface area contributed by atoms with Crippen molar-refractivity contribution < 1.29 is 13.2 Å². The van der Waals surface area contributed by atoms with Crippen LogP contribution in [0.15, 0.2) is 24.3 Å². The number of rotatable bonds is 6. The Kier molecular flexibility index (Phi) is 5.20. The lowest BCUT2D eigenvalue weighted by Crippen LogP contribution is -2.38. The summed E-state index contributed by atoms with van der Waals surface area (Å²) < 4.78 is 29.3. The molecule has 0 unspecified atom stereocenters. The molecule has 0 aliphatic carbocycles. The monoisotopic (exact) mass is 278 g/mol. The molecule has 5 nitrogen and oxygen atoms in total. The predicted molar refractivity (Wildman–Crippen MR) is 67.3 cm³/mol. The van der Waals surface area contributed by atoms with Gasteiger partial charge >= 0.3 is 0 Å². The Bertz CT molecular complexity index is 464. The summed E-state index contributed by atoms with van der Waals surface area (Å²) >= 11 is 5.93. The third-order valence-corrected chi connectivity index (χ3v) is 2.98. The van der Waals surface area contributed by atoms with E-state index < -0.39 is 10.2 Å². The number of nitrogens with one attached hydrogen (secondary N) is 1. The van der Waals surface area contributed by atoms with Crippen molar-refractivity contribution in [3.05, 3.63) is 29.3 Å². The summed E-state index contributed by atoms with van der Waals surface area (Å²) in [5.41, 5.74) is 0. The Labute approximate surface area is 106 Å². The molecule has 17 heavy (non-hydrogen) atoms. The highest BCUT2D eigenvalue weighted by Crippen LogP contribution is 2.24. The van der Waals surface area contributed by atoms with Crippen LogP contribution < -0.4 is 14.6 Å². The Morgan fingerprint density at radius 2 is 2.12 bits per heavy atom. The molecule has 3 N–H and O–H groups in total. The van der Waals surface area contributed by atoms with Gasteiger partial charge < -0.3 is 4.74 Å². The molecule has 0 fully saturated rings. The van der Waals surface area contributed by atoms with E-state index in [1.165, 1.54) is 0 Å². The van der Waals surface area contributed by atoms with Gasteiger partial charge in [-0.1, -0.05) is 30.7 Å². The van der Waals surface area contributed by atoms with Gasteiger partial charge in [-0.3, -0.25) is 0 Å². The highest BCUT2D eigenvalue weighted by Gasteiger charge is 2.12. The maximum Gasteiger partial charge on any atom is 0.274 e. The van der Waals surface area contributed by atoms with Gasteiger partial charge in [0.05, 0.1) is 5.02 Å². The van der Waals surface area contributed by atoms with Crippen LogP contribution in [0.4, 0.5) is 0 Å². The van der Waals surface area contributed by atoms with Gasteiger partial charge in [-0.15, -0.1) is 0 Å². The number of halogens is 1. The number of benzene rings is 1. The van der Waals surface area contributed by atoms with E-state index in [0.717, 1.165) is 0 Å². The highest BCUT2D eigenvalue weighted by molar-refractivity contribution is 7.87. The minimum absolute atomic E-state index is 0.112. The topological polar surface area (TPSA) is 81.4 Å². The van der Waals surface area contributed by atoms with Crippen LogP contribution >= 0.6 is 11.6 Å². The normalized spacial score (nSPS) is 13.4. The fraction of sp³-hybridized carbons (Fsp3) is 0.400. The van der Waals surface area contributed by atoms with Crippen molar-refractivity contribution in [1.29, 1.82) is 0 Å². The Morgan fingerprint density at radius 3 is 2.65 bits per heavy atom. The first-order chi connectivity index (χ1) is 7.92. The molecule has 0 aliphatic rings. The van der Waals surface area contributed by atoms with Crippen molar-refractivity contribution in [2.45, 2.75) is 19.4 Å². The summed E-state index contributed by atoms with van der Waals surface area (Å²) in [6, 6.07) is 7.01. The molecule has 96 valence electrons. The van der Waals surface area contributed by atoms with Crippen LogP contribution in [0.2, 0.25) is 5.02 Å². The van der Waals surface area contributed by atoms with Gasteiger partial charge in [-0.25, -0.2) is 5.14 Å². The average molecular weight is 279 g/mol. The summed E-state index contributed by atoms with van der Waals surface area (Å²) in [5.74, 6) is 0.525. The SMILES string of the molecule is CC[C@@H](CNS(N)(=O)=O)Oc1ccccc1Cl. The molecule has 0 saturated heterocycles. The zero-order valence-electron chi connectivity index (χ0n) is 9.39. The van der Waals surface area contributed by atoms with Gasteiger partial charge in [0, 0.05) is 6.54 Å². The maximum atomic E-state index is 10.8. The Hall–Kier alpha value is -0.820. The third kappa shape index (κ3) is 5.36. The van der Waals surface area contributed by atoms with E-state index in [2.05, 4.69) is 4.72 Å². The van der Waals surface area contributed by atoms with Gasteiger partial charge in [0.25, 0.3) is 10.2 Å². The first kappa shape index (κ1) is 14.2. The summed E-state index contributed by atoms with van der Waals surface area (Å²) in [6.45, 7) is 1.99. The molecule has 1 aromatic carbocycles. The van der Waals surface area contributed by atoms with Crippen LogP contribution in [0, 0.1) is 0 Å². The summed E-state index contributed by atoms with van der Waals surface area (Å²) in [6.07, 6.45) is 0.321. The van der Waals surface area contributed by atoms with Crippen LogP contribution in [0.5, 0.6) is 5.75 Å². The van der Waals surface area contributed by atoms with E-state index in [-0.39, 0.29) is 12.6 Å². The molecule has 0 amide bonds. The van der Waals surface area contributed by atoms with E-state index in [0.29, 0.717) is 17.2 Å². The van der Waals surface area contributed by atoms with Crippen LogP contribution in [-0.4, -0.2) is 21.1 Å². The molecule has 7 heteroatoms. The van der Waals surface area contributed by atoms with Crippen molar-refractivity contribution in [3.63, 3.8) is 0 Å². The lowest BCUT2D eigenvalue weighted by Gasteiger charge is -2.18. The lowest BCUT2D eigenvalue weighted by molar-refractivity contribution is 0.201. The fourth-order valence-electron chi connectivity index (χ4n) is 1.20. The molecule has 0 aliphatic heterocycles. The zero-order chi connectivity index (χ0) is 12.9. The van der Waals surface area contributed by atoms with Gasteiger partial charge in [0.15, 0.2) is 0 Å². The number of hydrogen-bond acceptors (Lipinski definition) is 3. The highest BCUT2D eigenvalue weighted by atomic mass is 35.5. The van der Waals surface area contributed by atoms with Crippen LogP contribution in [0.1, 0.15) is 13.3 Å². The van der Waals surface area contributed by atoms with Crippen molar-refractivity contribution in [2.24, 2.45) is 5.14 Å². The van der Waals surface area contributed by atoms with E-state index in [1.54, 1.807) is 24.3 Å². The second kappa shape index (κ2) is 6.20. The average Bonchev–Trinajstić information content (AvgIpc) is 2.25. The first-order valence-electron chi connectivity index (χ1n) is 5.11. The second-order valence-corrected chi connectivity index (χ2v) is 5.26. The molecule has 1 aromatic rings. The fourth-order valence-corrected chi connectivity index (χ4v) is 1.80. The molecule has 1 rings (SSSR count). The smallest absolute Gasteiger partial charge is 0.274 e. The summed E-state index contributed by atoms with van der Waals surface area (Å²) in [5, 5.41) is 5.33. The molecule has 1 atom stereocenters. The first-order valence-corrected chi connectivity index (χ1v) is 7.03. The number of nitrogens with two attached hydrogens (primary N) is 1. The van der Waals surface area contributed by atoms with Gasteiger partial charge in [-0.2, -0.15) is 13.1 Å². The summed E-state index contributed by atoms with van der Waals surface area (Å²) in [7, 11) is -3.69. The molecule has 0 saturated carbocycles. The predicted octanol–water partition coefficient (Wildman–Crippen LogP) is 1.29. The Morgan fingerprint density at radius 1 is 1.47 bits per heavy atom. The molecular weight excluding hydrogens is 264 g/mol. The zero-order valence-corrected chi connectivity index (χ0v) is 11.0.